The number of alkyl halides is 1. The van der Waals surface area contributed by atoms with E-state index in [1.165, 1.54) is 5.56 Å². The van der Waals surface area contributed by atoms with Gasteiger partial charge in [-0.15, -0.1) is 0 Å². The highest BCUT2D eigenvalue weighted by atomic mass is 79.9. The molecule has 1 aliphatic rings. The minimum absolute atomic E-state index is 0.581. The Morgan fingerprint density at radius 2 is 2.20 bits per heavy atom. The zero-order chi connectivity index (χ0) is 10.7. The van der Waals surface area contributed by atoms with Crippen molar-refractivity contribution in [2.24, 2.45) is 4.99 Å². The number of hydrogen-bond acceptors (Lipinski definition) is 3. The Hall–Kier alpha value is -0.480. The van der Waals surface area contributed by atoms with Crippen LogP contribution in [0.3, 0.4) is 0 Å². The molecule has 0 radical (unpaired) electrons. The number of halogens is 1. The van der Waals surface area contributed by atoms with Gasteiger partial charge in [0.05, 0.1) is 6.54 Å². The van der Waals surface area contributed by atoms with Crippen LogP contribution in [0.15, 0.2) is 29.3 Å². The Morgan fingerprint density at radius 1 is 1.47 bits per heavy atom. The van der Waals surface area contributed by atoms with Crippen molar-refractivity contribution in [3.63, 3.8) is 0 Å². The summed E-state index contributed by atoms with van der Waals surface area (Å²) in [6.45, 7) is 3.00. The van der Waals surface area contributed by atoms with Crippen LogP contribution in [0, 0.1) is 6.92 Å². The molecule has 0 saturated heterocycles. The Labute approximate surface area is 103 Å². The maximum atomic E-state index is 4.44. The molecule has 0 spiro atoms. The Bertz CT molecular complexity index is 361. The maximum Gasteiger partial charge on any atom is 0.161 e. The summed E-state index contributed by atoms with van der Waals surface area (Å²) in [5.41, 5.74) is 2.39. The molecule has 1 heterocycles. The highest BCUT2D eigenvalue weighted by molar-refractivity contribution is 9.09. The highest BCUT2D eigenvalue weighted by Gasteiger charge is 2.17. The first kappa shape index (κ1) is 11.0. The van der Waals surface area contributed by atoms with E-state index in [2.05, 4.69) is 57.4 Å². The Kier molecular flexibility index (Phi) is 3.70. The lowest BCUT2D eigenvalue weighted by molar-refractivity contribution is 0.993. The van der Waals surface area contributed by atoms with Crippen LogP contribution in [-0.2, 0) is 0 Å². The molecular formula is C11H13BrN2S. The van der Waals surface area contributed by atoms with Crippen molar-refractivity contribution < 1.29 is 0 Å². The lowest BCUT2D eigenvalue weighted by Crippen LogP contribution is -2.08. The normalized spacial score (nSPS) is 20.1. The fourth-order valence-corrected chi connectivity index (χ4v) is 2.78. The van der Waals surface area contributed by atoms with Gasteiger partial charge >= 0.3 is 0 Å². The summed E-state index contributed by atoms with van der Waals surface area (Å²) >= 11 is 5.28. The predicted octanol–water partition coefficient (Wildman–Crippen LogP) is 3.27. The van der Waals surface area contributed by atoms with Crippen molar-refractivity contribution in [2.75, 3.05) is 17.2 Å². The summed E-state index contributed by atoms with van der Waals surface area (Å²) in [4.78, 5) is 4.44. The van der Waals surface area contributed by atoms with Crippen molar-refractivity contribution in [1.29, 1.82) is 0 Å². The van der Waals surface area contributed by atoms with Crippen molar-refractivity contribution in [3.8, 4) is 0 Å². The first-order chi connectivity index (χ1) is 7.28. The minimum atomic E-state index is 0.581. The summed E-state index contributed by atoms with van der Waals surface area (Å²) in [5.74, 6) is 0. The fraction of sp³-hybridized carbons (Fsp3) is 0.364. The molecule has 1 atom stereocenters. The summed E-state index contributed by atoms with van der Waals surface area (Å²) in [6, 6.07) is 8.37. The van der Waals surface area contributed by atoms with E-state index in [-0.39, 0.29) is 0 Å². The maximum absolute atomic E-state index is 4.44. The zero-order valence-corrected chi connectivity index (χ0v) is 10.9. The number of aryl methyl sites for hydroxylation is 1. The third kappa shape index (κ3) is 2.98. The van der Waals surface area contributed by atoms with E-state index in [9.17, 15) is 0 Å². The topological polar surface area (TPSA) is 24.4 Å². The van der Waals surface area contributed by atoms with Crippen LogP contribution in [-0.4, -0.2) is 22.3 Å². The largest absolute Gasteiger partial charge is 0.335 e. The molecule has 1 aromatic carbocycles. The fourth-order valence-electron chi connectivity index (χ4n) is 1.33. The number of nitrogens with zero attached hydrogens (tertiary/aromatic N) is 1. The van der Waals surface area contributed by atoms with Crippen LogP contribution in [0.25, 0.3) is 0 Å². The van der Waals surface area contributed by atoms with E-state index >= 15 is 0 Å². The van der Waals surface area contributed by atoms with Crippen molar-refractivity contribution >= 4 is 38.5 Å². The number of thioether (sulfide) groups is 1. The molecule has 1 aromatic rings. The lowest BCUT2D eigenvalue weighted by Gasteiger charge is -2.06. The Balaban J connectivity index is 1.95. The van der Waals surface area contributed by atoms with Crippen LogP contribution in [0.5, 0.6) is 0 Å². The summed E-state index contributed by atoms with van der Waals surface area (Å²) in [6.07, 6.45) is 0. The van der Waals surface area contributed by atoms with Gasteiger partial charge in [0.25, 0.3) is 0 Å². The van der Waals surface area contributed by atoms with Gasteiger partial charge in [-0.3, -0.25) is 4.99 Å². The van der Waals surface area contributed by atoms with Gasteiger partial charge in [0, 0.05) is 16.3 Å². The molecule has 1 N–H and O–H groups in total. The summed E-state index contributed by atoms with van der Waals surface area (Å²) < 4.78 is 0. The summed E-state index contributed by atoms with van der Waals surface area (Å²) in [5, 5.41) is 5.94. The van der Waals surface area contributed by atoms with Crippen molar-refractivity contribution in [3.05, 3.63) is 29.8 Å². The van der Waals surface area contributed by atoms with Gasteiger partial charge in [0.2, 0.25) is 0 Å². The number of amidine groups is 1. The van der Waals surface area contributed by atoms with Gasteiger partial charge in [0.15, 0.2) is 5.17 Å². The van der Waals surface area contributed by atoms with Gasteiger partial charge in [-0.25, -0.2) is 0 Å². The van der Waals surface area contributed by atoms with Gasteiger partial charge in [-0.1, -0.05) is 45.4 Å². The van der Waals surface area contributed by atoms with E-state index < -0.39 is 0 Å². The molecule has 0 amide bonds. The quantitative estimate of drug-likeness (QED) is 0.843. The molecule has 2 rings (SSSR count). The predicted molar refractivity (Wildman–Crippen MR) is 72.3 cm³/mol. The molecule has 4 heteroatoms. The van der Waals surface area contributed by atoms with Crippen LogP contribution in [0.1, 0.15) is 5.56 Å². The molecule has 0 fully saturated rings. The van der Waals surface area contributed by atoms with Gasteiger partial charge in [0.1, 0.15) is 0 Å². The Morgan fingerprint density at radius 3 is 2.80 bits per heavy atom. The first-order valence-corrected chi connectivity index (χ1v) is 6.89. The second kappa shape index (κ2) is 5.03. The van der Waals surface area contributed by atoms with Crippen molar-refractivity contribution in [1.82, 2.24) is 0 Å². The van der Waals surface area contributed by atoms with Crippen LogP contribution in [0.2, 0.25) is 0 Å². The smallest absolute Gasteiger partial charge is 0.161 e. The molecule has 0 aliphatic carbocycles. The molecule has 80 valence electrons. The highest BCUT2D eigenvalue weighted by Crippen LogP contribution is 2.23. The molecule has 0 saturated carbocycles. The SMILES string of the molecule is Cc1ccc(NC2=NCC(CBr)S2)cc1. The number of aliphatic imine (C=N–C) groups is 1. The number of rotatable bonds is 2. The monoisotopic (exact) mass is 284 g/mol. The van der Waals surface area contributed by atoms with E-state index in [1.807, 2.05) is 0 Å². The molecule has 1 unspecified atom stereocenters. The molecule has 2 nitrogen and oxygen atoms in total. The van der Waals surface area contributed by atoms with E-state index in [0.717, 1.165) is 22.7 Å². The molecule has 15 heavy (non-hydrogen) atoms. The van der Waals surface area contributed by atoms with E-state index in [1.54, 1.807) is 11.8 Å². The molecule has 1 aliphatic heterocycles. The average Bonchev–Trinajstić information content (AvgIpc) is 2.69. The third-order valence-corrected chi connectivity index (χ3v) is 4.51. The van der Waals surface area contributed by atoms with E-state index in [4.69, 9.17) is 0 Å². The molecule has 0 bridgehead atoms. The standard InChI is InChI=1S/C11H13BrN2S/c1-8-2-4-9(5-3-8)14-11-13-7-10(6-12)15-11/h2-5,10H,6-7H2,1H3,(H,13,14). The second-order valence-corrected chi connectivity index (χ2v) is 5.47. The van der Waals surface area contributed by atoms with Gasteiger partial charge in [-0.05, 0) is 19.1 Å². The number of hydrogen-bond donors (Lipinski definition) is 1. The van der Waals surface area contributed by atoms with Crippen molar-refractivity contribution in [2.45, 2.75) is 12.2 Å². The third-order valence-electron chi connectivity index (χ3n) is 2.19. The zero-order valence-electron chi connectivity index (χ0n) is 8.53. The number of benzene rings is 1. The lowest BCUT2D eigenvalue weighted by atomic mass is 10.2. The second-order valence-electron chi connectivity index (χ2n) is 3.53. The molecular weight excluding hydrogens is 272 g/mol. The number of anilines is 1. The number of nitrogens with one attached hydrogen (secondary N) is 1. The van der Waals surface area contributed by atoms with Crippen LogP contribution in [0.4, 0.5) is 5.69 Å². The van der Waals surface area contributed by atoms with Crippen LogP contribution < -0.4 is 5.32 Å². The average molecular weight is 285 g/mol. The van der Waals surface area contributed by atoms with Gasteiger partial charge in [-0.2, -0.15) is 0 Å². The molecule has 0 aromatic heterocycles. The summed E-state index contributed by atoms with van der Waals surface area (Å²) in [7, 11) is 0. The first-order valence-electron chi connectivity index (χ1n) is 4.88. The van der Waals surface area contributed by atoms with E-state index in [0.29, 0.717) is 5.25 Å². The van der Waals surface area contributed by atoms with Crippen LogP contribution >= 0.6 is 27.7 Å². The minimum Gasteiger partial charge on any atom is -0.335 e. The van der Waals surface area contributed by atoms with Gasteiger partial charge < -0.3 is 5.32 Å².